The first kappa shape index (κ1) is 22.8. The lowest BCUT2D eigenvalue weighted by atomic mass is 9.95. The summed E-state index contributed by atoms with van der Waals surface area (Å²) in [7, 11) is 1.61. The van der Waals surface area contributed by atoms with E-state index in [1.165, 1.54) is 4.68 Å². The first-order chi connectivity index (χ1) is 16.1. The number of para-hydroxylation sites is 1. The van der Waals surface area contributed by atoms with Crippen molar-refractivity contribution in [2.75, 3.05) is 26.8 Å². The second-order valence-electron chi connectivity index (χ2n) is 8.11. The second-order valence-corrected chi connectivity index (χ2v) is 8.11. The van der Waals surface area contributed by atoms with Crippen molar-refractivity contribution in [3.8, 4) is 11.5 Å². The van der Waals surface area contributed by atoms with Crippen LogP contribution < -0.4 is 10.4 Å². The van der Waals surface area contributed by atoms with Gasteiger partial charge in [-0.1, -0.05) is 18.2 Å². The summed E-state index contributed by atoms with van der Waals surface area (Å²) >= 11 is 0. The Labute approximate surface area is 193 Å². The Morgan fingerprint density at radius 2 is 1.70 bits per heavy atom. The van der Waals surface area contributed by atoms with Crippen molar-refractivity contribution in [1.82, 2.24) is 19.2 Å². The first-order valence-corrected chi connectivity index (χ1v) is 11.4. The lowest BCUT2D eigenvalue weighted by Gasteiger charge is -2.31. The fraction of sp³-hybridized carbons (Fsp3) is 0.400. The maximum Gasteiger partial charge on any atom is 0.345 e. The third-order valence-corrected chi connectivity index (χ3v) is 6.00. The van der Waals surface area contributed by atoms with Crippen molar-refractivity contribution >= 4 is 5.91 Å². The maximum atomic E-state index is 13.0. The van der Waals surface area contributed by atoms with E-state index in [0.717, 1.165) is 24.4 Å². The van der Waals surface area contributed by atoms with Gasteiger partial charge in [0, 0.05) is 38.2 Å². The van der Waals surface area contributed by atoms with Gasteiger partial charge in [-0.05, 0) is 56.2 Å². The Balaban J connectivity index is 1.38. The Morgan fingerprint density at radius 3 is 2.33 bits per heavy atom. The molecule has 4 rings (SSSR count). The average Bonchev–Trinajstić information content (AvgIpc) is 3.18. The molecule has 0 bridgehead atoms. The summed E-state index contributed by atoms with van der Waals surface area (Å²) in [6.07, 6.45) is 1.56. The molecular formula is C25H30N4O4. The Bertz CT molecular complexity index is 1110. The minimum absolute atomic E-state index is 0.0122. The van der Waals surface area contributed by atoms with Crippen LogP contribution in [-0.4, -0.2) is 52.0 Å². The quantitative estimate of drug-likeness (QED) is 0.525. The molecule has 1 aliphatic rings. The van der Waals surface area contributed by atoms with Gasteiger partial charge in [-0.2, -0.15) is 5.10 Å². The van der Waals surface area contributed by atoms with Crippen LogP contribution >= 0.6 is 0 Å². The van der Waals surface area contributed by atoms with Gasteiger partial charge in [-0.3, -0.25) is 9.36 Å². The van der Waals surface area contributed by atoms with Gasteiger partial charge in [0.15, 0.2) is 0 Å². The number of piperidine rings is 1. The smallest absolute Gasteiger partial charge is 0.345 e. The molecule has 2 aromatic carbocycles. The summed E-state index contributed by atoms with van der Waals surface area (Å²) in [5.74, 6) is 2.44. The predicted octanol–water partition coefficient (Wildman–Crippen LogP) is 3.52. The molecule has 0 unspecified atom stereocenters. The third kappa shape index (κ3) is 5.17. The molecule has 0 N–H and O–H groups in total. The zero-order valence-electron chi connectivity index (χ0n) is 19.1. The van der Waals surface area contributed by atoms with Crippen LogP contribution in [0.25, 0.3) is 0 Å². The van der Waals surface area contributed by atoms with Crippen molar-refractivity contribution in [3.05, 3.63) is 76.5 Å². The van der Waals surface area contributed by atoms with Crippen molar-refractivity contribution < 1.29 is 14.3 Å². The number of amides is 1. The lowest BCUT2D eigenvalue weighted by Crippen LogP contribution is -2.38. The van der Waals surface area contributed by atoms with E-state index in [9.17, 15) is 9.59 Å². The van der Waals surface area contributed by atoms with Crippen LogP contribution in [0.4, 0.5) is 0 Å². The van der Waals surface area contributed by atoms with Gasteiger partial charge in [0.2, 0.25) is 0 Å². The van der Waals surface area contributed by atoms with E-state index in [1.807, 2.05) is 54.3 Å². The third-order valence-electron chi connectivity index (χ3n) is 6.00. The molecule has 1 fully saturated rings. The highest BCUT2D eigenvalue weighted by Crippen LogP contribution is 2.28. The molecular weight excluding hydrogens is 420 g/mol. The number of hydrogen-bond acceptors (Lipinski definition) is 5. The van der Waals surface area contributed by atoms with Gasteiger partial charge in [0.1, 0.15) is 17.3 Å². The number of benzene rings is 2. The lowest BCUT2D eigenvalue weighted by molar-refractivity contribution is 0.0710. The zero-order chi connectivity index (χ0) is 23.2. The largest absolute Gasteiger partial charge is 0.457 e. The van der Waals surface area contributed by atoms with Gasteiger partial charge >= 0.3 is 5.69 Å². The van der Waals surface area contributed by atoms with Crippen LogP contribution in [-0.2, 0) is 17.8 Å². The molecule has 1 saturated heterocycles. The van der Waals surface area contributed by atoms with Crippen molar-refractivity contribution in [3.63, 3.8) is 0 Å². The van der Waals surface area contributed by atoms with E-state index in [2.05, 4.69) is 5.10 Å². The number of nitrogens with zero attached hydrogens (tertiary/aromatic N) is 4. The molecule has 33 heavy (non-hydrogen) atoms. The van der Waals surface area contributed by atoms with E-state index < -0.39 is 0 Å². The fourth-order valence-electron chi connectivity index (χ4n) is 4.19. The van der Waals surface area contributed by atoms with E-state index >= 15 is 0 Å². The number of rotatable bonds is 8. The van der Waals surface area contributed by atoms with Crippen LogP contribution in [0.2, 0.25) is 0 Å². The number of aromatic nitrogens is 3. The monoisotopic (exact) mass is 450 g/mol. The molecule has 0 radical (unpaired) electrons. The topological polar surface area (TPSA) is 78.6 Å². The normalized spacial score (nSPS) is 14.4. The van der Waals surface area contributed by atoms with E-state index in [1.54, 1.807) is 23.8 Å². The first-order valence-electron chi connectivity index (χ1n) is 11.4. The second kappa shape index (κ2) is 10.5. The molecule has 1 aromatic heterocycles. The summed E-state index contributed by atoms with van der Waals surface area (Å²) in [5.41, 5.74) is 0.545. The Hall–Kier alpha value is -3.39. The molecule has 174 valence electrons. The van der Waals surface area contributed by atoms with E-state index in [0.29, 0.717) is 44.1 Å². The van der Waals surface area contributed by atoms with Crippen LogP contribution in [0.15, 0.2) is 59.4 Å². The Morgan fingerprint density at radius 1 is 1.03 bits per heavy atom. The highest BCUT2D eigenvalue weighted by atomic mass is 16.5. The van der Waals surface area contributed by atoms with Gasteiger partial charge in [-0.15, -0.1) is 0 Å². The molecule has 8 heteroatoms. The van der Waals surface area contributed by atoms with Gasteiger partial charge in [-0.25, -0.2) is 9.48 Å². The minimum atomic E-state index is -0.0964. The van der Waals surface area contributed by atoms with Gasteiger partial charge in [0.25, 0.3) is 5.91 Å². The Kier molecular flexibility index (Phi) is 7.24. The average molecular weight is 451 g/mol. The molecule has 0 spiro atoms. The van der Waals surface area contributed by atoms with E-state index in [-0.39, 0.29) is 17.5 Å². The number of methoxy groups -OCH3 is 1. The van der Waals surface area contributed by atoms with Crippen molar-refractivity contribution in [2.45, 2.75) is 38.8 Å². The van der Waals surface area contributed by atoms with Crippen LogP contribution in [0.3, 0.4) is 0 Å². The van der Waals surface area contributed by atoms with Crippen molar-refractivity contribution in [2.24, 2.45) is 0 Å². The minimum Gasteiger partial charge on any atom is -0.457 e. The summed E-state index contributed by atoms with van der Waals surface area (Å²) in [6.45, 7) is 4.69. The standard InChI is InChI=1S/C25H30N4O4/c1-3-28-23(26-29(25(28)31)17-18-32-2)19-13-15-27(16-14-19)24(30)20-9-11-22(12-10-20)33-21-7-5-4-6-8-21/h4-12,19H,3,13-18H2,1-2H3. The predicted molar refractivity (Wildman–Crippen MR) is 125 cm³/mol. The fourth-order valence-corrected chi connectivity index (χ4v) is 4.19. The number of likely N-dealkylation sites (tertiary alicyclic amines) is 1. The number of carbonyl (C=O) groups is 1. The molecule has 1 amide bonds. The SMILES string of the molecule is CCn1c(C2CCN(C(=O)c3ccc(Oc4ccccc4)cc3)CC2)nn(CCOC)c1=O. The summed E-state index contributed by atoms with van der Waals surface area (Å²) in [4.78, 5) is 27.5. The molecule has 1 aliphatic heterocycles. The molecule has 0 saturated carbocycles. The molecule has 8 nitrogen and oxygen atoms in total. The highest BCUT2D eigenvalue weighted by Gasteiger charge is 2.28. The van der Waals surface area contributed by atoms with Crippen LogP contribution in [0.5, 0.6) is 11.5 Å². The molecule has 3 aromatic rings. The summed E-state index contributed by atoms with van der Waals surface area (Å²) < 4.78 is 14.1. The summed E-state index contributed by atoms with van der Waals surface area (Å²) in [6, 6.07) is 16.8. The van der Waals surface area contributed by atoms with Gasteiger partial charge < -0.3 is 14.4 Å². The van der Waals surface area contributed by atoms with Crippen LogP contribution in [0.1, 0.15) is 41.9 Å². The highest BCUT2D eigenvalue weighted by molar-refractivity contribution is 5.94. The van der Waals surface area contributed by atoms with E-state index in [4.69, 9.17) is 9.47 Å². The molecule has 2 heterocycles. The molecule has 0 aliphatic carbocycles. The number of ether oxygens (including phenoxy) is 2. The number of carbonyl (C=O) groups excluding carboxylic acids is 1. The van der Waals surface area contributed by atoms with Crippen LogP contribution in [0, 0.1) is 0 Å². The van der Waals surface area contributed by atoms with Gasteiger partial charge in [0.05, 0.1) is 13.2 Å². The zero-order valence-corrected chi connectivity index (χ0v) is 19.1. The van der Waals surface area contributed by atoms with Crippen molar-refractivity contribution in [1.29, 1.82) is 0 Å². The maximum absolute atomic E-state index is 13.0. The summed E-state index contributed by atoms with van der Waals surface area (Å²) in [5, 5.41) is 4.58. The number of hydrogen-bond donors (Lipinski definition) is 0. The molecule has 0 atom stereocenters.